The van der Waals surface area contributed by atoms with Crippen LogP contribution in [0.25, 0.3) is 0 Å². The second-order valence-electron chi connectivity index (χ2n) is 8.29. The molecule has 0 bridgehead atoms. The predicted octanol–water partition coefficient (Wildman–Crippen LogP) is 4.89. The molecule has 2 aromatic rings. The second kappa shape index (κ2) is 11.8. The summed E-state index contributed by atoms with van der Waals surface area (Å²) in [5, 5.41) is 7.23. The first-order valence-electron chi connectivity index (χ1n) is 11.4. The van der Waals surface area contributed by atoms with E-state index in [9.17, 15) is 9.59 Å². The summed E-state index contributed by atoms with van der Waals surface area (Å²) in [5.74, 6) is 0.153. The molecule has 0 radical (unpaired) electrons. The van der Waals surface area contributed by atoms with Crippen molar-refractivity contribution in [1.82, 2.24) is 5.32 Å². The number of Topliss-reactive ketones (excluding diaryl/α,β-unsaturated/α-hetero) is 1. The third kappa shape index (κ3) is 6.24. The standard InChI is InChI=1S/C27H34NO2P/c1-23(29)20-21-28-27(30)19-11-12-22-31(24-13-5-2-6-14-24,25-15-7-3-8-16-25)26-17-9-4-10-18-26/h2-3,5-9,13-18,31H,4,10-12,19-22H2,1H3,(H,28,30). The van der Waals surface area contributed by atoms with E-state index in [1.54, 1.807) is 6.92 Å². The van der Waals surface area contributed by atoms with Gasteiger partial charge in [0.15, 0.2) is 0 Å². The Kier molecular flexibility index (Phi) is 8.79. The molecule has 164 valence electrons. The van der Waals surface area contributed by atoms with Crippen LogP contribution in [-0.2, 0) is 9.59 Å². The van der Waals surface area contributed by atoms with Crippen LogP contribution in [0.5, 0.6) is 0 Å². The van der Waals surface area contributed by atoms with E-state index in [1.165, 1.54) is 15.9 Å². The summed E-state index contributed by atoms with van der Waals surface area (Å²) in [4.78, 5) is 23.2. The van der Waals surface area contributed by atoms with Crippen LogP contribution < -0.4 is 15.9 Å². The van der Waals surface area contributed by atoms with Gasteiger partial charge in [0, 0.05) is 0 Å². The summed E-state index contributed by atoms with van der Waals surface area (Å²) >= 11 is 0. The maximum absolute atomic E-state index is 12.2. The van der Waals surface area contributed by atoms with Gasteiger partial charge in [-0.3, -0.25) is 0 Å². The molecule has 1 N–H and O–H groups in total. The number of nitrogens with one attached hydrogen (secondary N) is 1. The molecular formula is C27H34NO2P. The average Bonchev–Trinajstić information content (AvgIpc) is 2.81. The quantitative estimate of drug-likeness (QED) is 0.404. The number of carbonyl (C=O) groups is 2. The molecule has 4 heteroatoms. The van der Waals surface area contributed by atoms with Gasteiger partial charge in [-0.05, 0) is 0 Å². The van der Waals surface area contributed by atoms with E-state index in [-0.39, 0.29) is 11.7 Å². The van der Waals surface area contributed by atoms with Crippen molar-refractivity contribution >= 4 is 29.6 Å². The molecular weight excluding hydrogens is 401 g/mol. The van der Waals surface area contributed by atoms with E-state index in [4.69, 9.17) is 0 Å². The van der Waals surface area contributed by atoms with Gasteiger partial charge in [-0.1, -0.05) is 0 Å². The maximum atomic E-state index is 12.2. The third-order valence-corrected chi connectivity index (χ3v) is 11.1. The number of ketones is 1. The van der Waals surface area contributed by atoms with Crippen LogP contribution in [0.4, 0.5) is 0 Å². The molecule has 0 atom stereocenters. The number of allylic oxidation sites excluding steroid dienone is 4. The van der Waals surface area contributed by atoms with Gasteiger partial charge in [0.25, 0.3) is 0 Å². The Hall–Kier alpha value is -2.51. The van der Waals surface area contributed by atoms with E-state index in [2.05, 4.69) is 84.2 Å². The number of amides is 1. The predicted molar refractivity (Wildman–Crippen MR) is 134 cm³/mol. The summed E-state index contributed by atoms with van der Waals surface area (Å²) in [6.07, 6.45) is 13.2. The van der Waals surface area contributed by atoms with Crippen LogP contribution in [0.15, 0.2) is 84.2 Å². The summed E-state index contributed by atoms with van der Waals surface area (Å²) in [6.45, 7) is 2.00. The van der Waals surface area contributed by atoms with Crippen LogP contribution in [-0.4, -0.2) is 24.4 Å². The fourth-order valence-electron chi connectivity index (χ4n) is 4.45. The van der Waals surface area contributed by atoms with Gasteiger partial charge in [-0.25, -0.2) is 0 Å². The molecule has 0 spiro atoms. The zero-order chi connectivity index (χ0) is 21.9. The molecule has 0 aromatic heterocycles. The molecule has 3 nitrogen and oxygen atoms in total. The van der Waals surface area contributed by atoms with Gasteiger partial charge < -0.3 is 0 Å². The molecule has 1 amide bonds. The molecule has 0 saturated carbocycles. The van der Waals surface area contributed by atoms with Crippen molar-refractivity contribution in [1.29, 1.82) is 0 Å². The van der Waals surface area contributed by atoms with E-state index < -0.39 is 7.26 Å². The Morgan fingerprint density at radius 1 is 0.871 bits per heavy atom. The van der Waals surface area contributed by atoms with Crippen LogP contribution in [0, 0.1) is 0 Å². The fourth-order valence-corrected chi connectivity index (χ4v) is 9.51. The van der Waals surface area contributed by atoms with E-state index in [1.807, 2.05) is 0 Å². The van der Waals surface area contributed by atoms with Crippen molar-refractivity contribution in [2.75, 3.05) is 12.7 Å². The Bertz CT molecular complexity index is 879. The van der Waals surface area contributed by atoms with Crippen LogP contribution in [0.1, 0.15) is 45.4 Å². The summed E-state index contributed by atoms with van der Waals surface area (Å²) < 4.78 is 0. The third-order valence-electron chi connectivity index (χ3n) is 6.03. The molecule has 1 aliphatic carbocycles. The molecule has 0 unspecified atom stereocenters. The van der Waals surface area contributed by atoms with Gasteiger partial charge in [-0.15, -0.1) is 0 Å². The minimum absolute atomic E-state index is 0.0460. The fraction of sp³-hybridized carbons (Fsp3) is 0.333. The number of hydrogen-bond donors (Lipinski definition) is 1. The topological polar surface area (TPSA) is 46.2 Å². The molecule has 3 rings (SSSR count). The summed E-state index contributed by atoms with van der Waals surface area (Å²) in [7, 11) is -2.16. The molecule has 0 fully saturated rings. The zero-order valence-electron chi connectivity index (χ0n) is 18.5. The van der Waals surface area contributed by atoms with Gasteiger partial charge in [0.2, 0.25) is 0 Å². The SMILES string of the molecule is CC(=O)CCNC(=O)CCCC[PH](C1=CCCC=C1)(c1ccccc1)c1ccccc1. The molecule has 0 aliphatic heterocycles. The minimum atomic E-state index is -2.16. The monoisotopic (exact) mass is 435 g/mol. The van der Waals surface area contributed by atoms with Crippen molar-refractivity contribution in [2.24, 2.45) is 0 Å². The van der Waals surface area contributed by atoms with Crippen LogP contribution in [0.2, 0.25) is 0 Å². The number of unbranched alkanes of at least 4 members (excludes halogenated alkanes) is 1. The molecule has 31 heavy (non-hydrogen) atoms. The van der Waals surface area contributed by atoms with Gasteiger partial charge >= 0.3 is 187 Å². The Balaban J connectivity index is 1.80. The van der Waals surface area contributed by atoms with Gasteiger partial charge in [0.1, 0.15) is 0 Å². The molecule has 0 saturated heterocycles. The van der Waals surface area contributed by atoms with Crippen molar-refractivity contribution in [2.45, 2.75) is 45.4 Å². The van der Waals surface area contributed by atoms with E-state index in [0.717, 1.165) is 31.8 Å². The number of rotatable bonds is 11. The van der Waals surface area contributed by atoms with Crippen LogP contribution in [0.3, 0.4) is 0 Å². The van der Waals surface area contributed by atoms with Gasteiger partial charge in [-0.2, -0.15) is 0 Å². The number of carbonyl (C=O) groups excluding carboxylic acids is 2. The number of benzene rings is 2. The van der Waals surface area contributed by atoms with Crippen molar-refractivity contribution in [3.8, 4) is 0 Å². The van der Waals surface area contributed by atoms with Crippen LogP contribution >= 0.6 is 7.26 Å². The van der Waals surface area contributed by atoms with Crippen molar-refractivity contribution < 1.29 is 9.59 Å². The Morgan fingerprint density at radius 3 is 2.06 bits per heavy atom. The Labute approximate surface area is 187 Å². The first-order valence-corrected chi connectivity index (χ1v) is 13.6. The van der Waals surface area contributed by atoms with Crippen molar-refractivity contribution in [3.63, 3.8) is 0 Å². The zero-order valence-corrected chi connectivity index (χ0v) is 19.5. The summed E-state index contributed by atoms with van der Waals surface area (Å²) in [5.41, 5.74) is 0. The molecule has 0 heterocycles. The first kappa shape index (κ1) is 23.2. The van der Waals surface area contributed by atoms with E-state index in [0.29, 0.717) is 19.4 Å². The number of hydrogen-bond acceptors (Lipinski definition) is 2. The normalized spacial score (nSPS) is 14.0. The Morgan fingerprint density at radius 2 is 1.52 bits per heavy atom. The average molecular weight is 436 g/mol. The van der Waals surface area contributed by atoms with Crippen molar-refractivity contribution in [3.05, 3.63) is 84.2 Å². The van der Waals surface area contributed by atoms with E-state index >= 15 is 0 Å². The molecule has 1 aliphatic rings. The second-order valence-corrected chi connectivity index (χ2v) is 12.3. The molecule has 2 aromatic carbocycles. The summed E-state index contributed by atoms with van der Waals surface area (Å²) in [6, 6.07) is 21.9. The first-order chi connectivity index (χ1) is 15.1. The van der Waals surface area contributed by atoms with Gasteiger partial charge in [0.05, 0.1) is 0 Å².